The Hall–Kier alpha value is -2.33. The molecule has 138 valence electrons. The number of rotatable bonds is 7. The van der Waals surface area contributed by atoms with Gasteiger partial charge in [-0.05, 0) is 43.2 Å². The first kappa shape index (κ1) is 20.0. The first-order chi connectivity index (χ1) is 12.4. The minimum absolute atomic E-state index is 0.0363. The van der Waals surface area contributed by atoms with Crippen LogP contribution in [0, 0.1) is 6.92 Å². The molecule has 2 rings (SSSR count). The van der Waals surface area contributed by atoms with Crippen LogP contribution in [0.2, 0.25) is 5.02 Å². The van der Waals surface area contributed by atoms with E-state index in [1.165, 1.54) is 6.92 Å². The van der Waals surface area contributed by atoms with Crippen LogP contribution in [0.1, 0.15) is 31.4 Å². The first-order valence-corrected chi connectivity index (χ1v) is 9.16. The Morgan fingerprint density at radius 2 is 1.77 bits per heavy atom. The van der Waals surface area contributed by atoms with E-state index in [9.17, 15) is 9.59 Å². The summed E-state index contributed by atoms with van der Waals surface area (Å²) in [6.45, 7) is 6.95. The number of carbonyl (C=O) groups is 2. The molecule has 0 aliphatic rings. The third-order valence-corrected chi connectivity index (χ3v) is 4.56. The molecule has 0 atom stereocenters. The van der Waals surface area contributed by atoms with Gasteiger partial charge >= 0.3 is 0 Å². The average molecular weight is 373 g/mol. The Balaban J connectivity index is 2.05. The van der Waals surface area contributed by atoms with Crippen molar-refractivity contribution in [2.45, 2.75) is 33.7 Å². The van der Waals surface area contributed by atoms with Gasteiger partial charge in [0.1, 0.15) is 0 Å². The Morgan fingerprint density at radius 1 is 1.08 bits per heavy atom. The number of nitrogens with zero attached hydrogens (tertiary/aromatic N) is 2. The topological polar surface area (TPSA) is 40.6 Å². The van der Waals surface area contributed by atoms with E-state index in [1.807, 2.05) is 61.2 Å². The monoisotopic (exact) mass is 372 g/mol. The van der Waals surface area contributed by atoms with Crippen LogP contribution in [-0.2, 0) is 16.1 Å². The molecule has 0 aliphatic heterocycles. The summed E-state index contributed by atoms with van der Waals surface area (Å²) in [6, 6.07) is 15.3. The third kappa shape index (κ3) is 5.33. The lowest BCUT2D eigenvalue weighted by Gasteiger charge is -2.26. The fraction of sp³-hybridized carbons (Fsp3) is 0.333. The van der Waals surface area contributed by atoms with Crippen LogP contribution < -0.4 is 4.90 Å². The number of anilines is 1. The second-order valence-electron chi connectivity index (χ2n) is 6.24. The van der Waals surface area contributed by atoms with Gasteiger partial charge in [0.15, 0.2) is 0 Å². The molecule has 0 saturated carbocycles. The summed E-state index contributed by atoms with van der Waals surface area (Å²) in [5, 5.41) is 0.630. The fourth-order valence-electron chi connectivity index (χ4n) is 2.91. The zero-order valence-corrected chi connectivity index (χ0v) is 16.3. The van der Waals surface area contributed by atoms with E-state index >= 15 is 0 Å². The van der Waals surface area contributed by atoms with Gasteiger partial charge in [0.25, 0.3) is 0 Å². The maximum Gasteiger partial charge on any atom is 0.224 e. The number of halogens is 1. The molecule has 0 heterocycles. The molecular weight excluding hydrogens is 348 g/mol. The van der Waals surface area contributed by atoms with Crippen LogP contribution in [0.3, 0.4) is 0 Å². The van der Waals surface area contributed by atoms with Crippen molar-refractivity contribution in [2.24, 2.45) is 0 Å². The number of hydrogen-bond acceptors (Lipinski definition) is 2. The molecule has 0 aromatic heterocycles. The van der Waals surface area contributed by atoms with Gasteiger partial charge in [-0.25, -0.2) is 0 Å². The lowest BCUT2D eigenvalue weighted by molar-refractivity contribution is -0.131. The minimum Gasteiger partial charge on any atom is -0.339 e. The summed E-state index contributed by atoms with van der Waals surface area (Å²) >= 11 is 6.00. The van der Waals surface area contributed by atoms with Gasteiger partial charge in [0, 0.05) is 43.7 Å². The van der Waals surface area contributed by atoms with Crippen molar-refractivity contribution in [2.75, 3.05) is 18.0 Å². The summed E-state index contributed by atoms with van der Waals surface area (Å²) < 4.78 is 0. The van der Waals surface area contributed by atoms with Crippen molar-refractivity contribution < 1.29 is 9.59 Å². The minimum atomic E-state index is -0.0886. The molecule has 0 fully saturated rings. The fourth-order valence-corrected chi connectivity index (χ4v) is 3.14. The Bertz CT molecular complexity index is 762. The number of amides is 2. The number of carbonyl (C=O) groups excluding carboxylic acids is 2. The van der Waals surface area contributed by atoms with Crippen LogP contribution in [0.25, 0.3) is 0 Å². The Kier molecular flexibility index (Phi) is 7.22. The van der Waals surface area contributed by atoms with E-state index < -0.39 is 0 Å². The molecule has 5 heteroatoms. The zero-order valence-electron chi connectivity index (χ0n) is 15.5. The van der Waals surface area contributed by atoms with E-state index in [0.29, 0.717) is 24.7 Å². The summed E-state index contributed by atoms with van der Waals surface area (Å²) in [7, 11) is 0. The SMILES string of the molecule is CCN(Cc1ccccc1)C(=O)CCN(C(C)=O)c1ccc(Cl)cc1C. The van der Waals surface area contributed by atoms with Gasteiger partial charge in [-0.2, -0.15) is 0 Å². The zero-order chi connectivity index (χ0) is 19.1. The highest BCUT2D eigenvalue weighted by molar-refractivity contribution is 6.30. The van der Waals surface area contributed by atoms with Crippen molar-refractivity contribution in [3.05, 3.63) is 64.7 Å². The van der Waals surface area contributed by atoms with Crippen LogP contribution >= 0.6 is 11.6 Å². The van der Waals surface area contributed by atoms with E-state index in [-0.39, 0.29) is 18.2 Å². The normalized spacial score (nSPS) is 10.5. The van der Waals surface area contributed by atoms with Crippen LogP contribution in [0.5, 0.6) is 0 Å². The maximum absolute atomic E-state index is 12.6. The van der Waals surface area contributed by atoms with Crippen molar-refractivity contribution >= 4 is 29.1 Å². The third-order valence-electron chi connectivity index (χ3n) is 4.33. The second kappa shape index (κ2) is 9.39. The molecule has 0 saturated heterocycles. The van der Waals surface area contributed by atoms with Crippen LogP contribution in [0.15, 0.2) is 48.5 Å². The molecule has 0 N–H and O–H groups in total. The van der Waals surface area contributed by atoms with Crippen molar-refractivity contribution in [1.82, 2.24) is 4.90 Å². The van der Waals surface area contributed by atoms with Gasteiger partial charge < -0.3 is 9.80 Å². The molecule has 2 aromatic carbocycles. The molecule has 0 aliphatic carbocycles. The highest BCUT2D eigenvalue weighted by Crippen LogP contribution is 2.24. The van der Waals surface area contributed by atoms with Gasteiger partial charge in [-0.15, -0.1) is 0 Å². The largest absolute Gasteiger partial charge is 0.339 e. The smallest absolute Gasteiger partial charge is 0.224 e. The Labute approximate surface area is 160 Å². The average Bonchev–Trinajstić information content (AvgIpc) is 2.61. The van der Waals surface area contributed by atoms with Crippen molar-refractivity contribution in [3.63, 3.8) is 0 Å². The first-order valence-electron chi connectivity index (χ1n) is 8.78. The maximum atomic E-state index is 12.6. The van der Waals surface area contributed by atoms with Gasteiger partial charge in [0.05, 0.1) is 0 Å². The van der Waals surface area contributed by atoms with E-state index in [0.717, 1.165) is 16.8 Å². The number of hydrogen-bond donors (Lipinski definition) is 0. The van der Waals surface area contributed by atoms with Gasteiger partial charge in [0.2, 0.25) is 11.8 Å². The molecule has 0 spiro atoms. The molecule has 26 heavy (non-hydrogen) atoms. The summed E-state index contributed by atoms with van der Waals surface area (Å²) in [4.78, 5) is 28.2. The summed E-state index contributed by atoms with van der Waals surface area (Å²) in [5.74, 6) is -0.0523. The molecule has 2 aromatic rings. The molecule has 4 nitrogen and oxygen atoms in total. The predicted molar refractivity (Wildman–Crippen MR) is 106 cm³/mol. The van der Waals surface area contributed by atoms with E-state index in [2.05, 4.69) is 0 Å². The molecule has 0 radical (unpaired) electrons. The highest BCUT2D eigenvalue weighted by atomic mass is 35.5. The Morgan fingerprint density at radius 3 is 2.35 bits per heavy atom. The summed E-state index contributed by atoms with van der Waals surface area (Å²) in [6.07, 6.45) is 0.280. The quantitative estimate of drug-likeness (QED) is 0.720. The number of benzene rings is 2. The summed E-state index contributed by atoms with van der Waals surface area (Å²) in [5.41, 5.74) is 2.80. The van der Waals surface area contributed by atoms with Crippen molar-refractivity contribution in [1.29, 1.82) is 0 Å². The lowest BCUT2D eigenvalue weighted by atomic mass is 10.1. The molecule has 0 unspecified atom stereocenters. The van der Waals surface area contributed by atoms with Gasteiger partial charge in [-0.1, -0.05) is 41.9 Å². The second-order valence-corrected chi connectivity index (χ2v) is 6.68. The van der Waals surface area contributed by atoms with Crippen molar-refractivity contribution in [3.8, 4) is 0 Å². The molecule has 2 amide bonds. The van der Waals surface area contributed by atoms with E-state index in [1.54, 1.807) is 11.0 Å². The highest BCUT2D eigenvalue weighted by Gasteiger charge is 2.18. The van der Waals surface area contributed by atoms with E-state index in [4.69, 9.17) is 11.6 Å². The number of aryl methyl sites for hydroxylation is 1. The molecule has 0 bridgehead atoms. The lowest BCUT2D eigenvalue weighted by Crippen LogP contribution is -2.36. The molecular formula is C21H25ClN2O2. The van der Waals surface area contributed by atoms with Crippen LogP contribution in [0.4, 0.5) is 5.69 Å². The standard InChI is InChI=1S/C21H25ClN2O2/c1-4-23(15-18-8-6-5-7-9-18)21(26)12-13-24(17(3)25)20-11-10-19(22)14-16(20)2/h5-11,14H,4,12-13,15H2,1-3H3. The van der Waals surface area contributed by atoms with Gasteiger partial charge in [-0.3, -0.25) is 9.59 Å². The van der Waals surface area contributed by atoms with Crippen LogP contribution in [-0.4, -0.2) is 29.8 Å². The predicted octanol–water partition coefficient (Wildman–Crippen LogP) is 4.44.